The average Bonchev–Trinajstić information content (AvgIpc) is 2.90. The predicted molar refractivity (Wildman–Crippen MR) is 71.2 cm³/mol. The molecule has 0 saturated carbocycles. The third-order valence-electron chi connectivity index (χ3n) is 3.18. The number of rotatable bonds is 3. The summed E-state index contributed by atoms with van der Waals surface area (Å²) in [6.07, 6.45) is 1.09. The van der Waals surface area contributed by atoms with Crippen LogP contribution in [0.2, 0.25) is 0 Å². The van der Waals surface area contributed by atoms with Crippen molar-refractivity contribution in [2.75, 3.05) is 26.4 Å². The third-order valence-corrected chi connectivity index (χ3v) is 3.77. The molecule has 18 heavy (non-hydrogen) atoms. The van der Waals surface area contributed by atoms with Gasteiger partial charge in [0.25, 0.3) is 0 Å². The zero-order chi connectivity index (χ0) is 12.4. The number of hydrogen-bond donors (Lipinski definition) is 1. The van der Waals surface area contributed by atoms with Gasteiger partial charge in [0.2, 0.25) is 0 Å². The van der Waals surface area contributed by atoms with Crippen LogP contribution in [0.5, 0.6) is 11.5 Å². The van der Waals surface area contributed by atoms with Crippen molar-refractivity contribution in [3.05, 3.63) is 22.2 Å². The number of fused-ring (bicyclic) bond motifs is 1. The quantitative estimate of drug-likeness (QED) is 0.927. The van der Waals surface area contributed by atoms with Crippen LogP contribution in [0.1, 0.15) is 12.0 Å². The molecular weight excluding hydrogens is 298 g/mol. The summed E-state index contributed by atoms with van der Waals surface area (Å²) in [5, 5.41) is 3.49. The minimum Gasteiger partial charge on any atom is -0.486 e. The lowest BCUT2D eigenvalue weighted by Gasteiger charge is -2.21. The van der Waals surface area contributed by atoms with E-state index in [1.807, 2.05) is 6.07 Å². The van der Waals surface area contributed by atoms with Crippen LogP contribution in [-0.2, 0) is 11.3 Å². The first kappa shape index (κ1) is 12.3. The van der Waals surface area contributed by atoms with E-state index in [-0.39, 0.29) is 0 Å². The summed E-state index contributed by atoms with van der Waals surface area (Å²) in [7, 11) is 0. The molecule has 2 heterocycles. The molecule has 4 nitrogen and oxygen atoms in total. The summed E-state index contributed by atoms with van der Waals surface area (Å²) in [5.41, 5.74) is 1.19. The molecule has 1 N–H and O–H groups in total. The van der Waals surface area contributed by atoms with E-state index in [1.165, 1.54) is 5.56 Å². The summed E-state index contributed by atoms with van der Waals surface area (Å²) in [6, 6.07) is 4.59. The minimum absolute atomic E-state index is 0.469. The number of benzene rings is 1. The van der Waals surface area contributed by atoms with E-state index in [0.29, 0.717) is 19.3 Å². The van der Waals surface area contributed by atoms with E-state index in [2.05, 4.69) is 27.3 Å². The summed E-state index contributed by atoms with van der Waals surface area (Å²) in [6.45, 7) is 3.73. The Kier molecular flexibility index (Phi) is 3.72. The number of hydrogen-bond acceptors (Lipinski definition) is 4. The maximum Gasteiger partial charge on any atom is 0.175 e. The molecule has 2 aliphatic heterocycles. The summed E-state index contributed by atoms with van der Waals surface area (Å²) >= 11 is 3.53. The second-order valence-electron chi connectivity index (χ2n) is 4.54. The van der Waals surface area contributed by atoms with Crippen molar-refractivity contribution < 1.29 is 14.2 Å². The summed E-state index contributed by atoms with van der Waals surface area (Å²) < 4.78 is 17.5. The molecule has 98 valence electrons. The molecule has 0 aliphatic carbocycles. The van der Waals surface area contributed by atoms with Crippen LogP contribution in [0.3, 0.4) is 0 Å². The molecule has 1 unspecified atom stereocenters. The normalized spacial score (nSPS) is 22.2. The van der Waals surface area contributed by atoms with Gasteiger partial charge in [-0.15, -0.1) is 0 Å². The molecule has 5 heteroatoms. The third kappa shape index (κ3) is 2.63. The number of nitrogens with one attached hydrogen (secondary N) is 1. The topological polar surface area (TPSA) is 39.7 Å². The Labute approximate surface area is 115 Å². The SMILES string of the molecule is Brc1cc(CNC2CCOC2)cc2c1OCCO2. The maximum absolute atomic E-state index is 5.61. The van der Waals surface area contributed by atoms with Crippen molar-refractivity contribution in [2.45, 2.75) is 19.0 Å². The first-order valence-electron chi connectivity index (χ1n) is 6.22. The van der Waals surface area contributed by atoms with Gasteiger partial charge in [0.1, 0.15) is 13.2 Å². The highest BCUT2D eigenvalue weighted by atomic mass is 79.9. The molecule has 2 aliphatic rings. The molecule has 0 radical (unpaired) electrons. The summed E-state index contributed by atoms with van der Waals surface area (Å²) in [4.78, 5) is 0. The molecule has 3 rings (SSSR count). The van der Waals surface area contributed by atoms with Crippen molar-refractivity contribution in [1.82, 2.24) is 5.32 Å². The Bertz CT molecular complexity index is 432. The molecule has 1 fully saturated rings. The molecule has 1 atom stereocenters. The van der Waals surface area contributed by atoms with Gasteiger partial charge in [-0.2, -0.15) is 0 Å². The molecule has 1 saturated heterocycles. The van der Waals surface area contributed by atoms with Gasteiger partial charge in [0.05, 0.1) is 11.1 Å². The van der Waals surface area contributed by atoms with Gasteiger partial charge in [-0.3, -0.25) is 0 Å². The second-order valence-corrected chi connectivity index (χ2v) is 5.40. The van der Waals surface area contributed by atoms with Crippen molar-refractivity contribution in [3.63, 3.8) is 0 Å². The monoisotopic (exact) mass is 313 g/mol. The average molecular weight is 314 g/mol. The highest BCUT2D eigenvalue weighted by molar-refractivity contribution is 9.10. The van der Waals surface area contributed by atoms with Gasteiger partial charge in [0, 0.05) is 19.2 Å². The molecule has 1 aromatic carbocycles. The Morgan fingerprint density at radius 3 is 2.94 bits per heavy atom. The highest BCUT2D eigenvalue weighted by Crippen LogP contribution is 2.38. The van der Waals surface area contributed by atoms with Crippen LogP contribution in [0, 0.1) is 0 Å². The molecular formula is C13H16BrNO3. The zero-order valence-corrected chi connectivity index (χ0v) is 11.7. The van der Waals surface area contributed by atoms with Crippen LogP contribution in [-0.4, -0.2) is 32.5 Å². The first-order valence-corrected chi connectivity index (χ1v) is 7.01. The summed E-state index contributed by atoms with van der Waals surface area (Å²) in [5.74, 6) is 1.64. The van der Waals surface area contributed by atoms with Crippen molar-refractivity contribution >= 4 is 15.9 Å². The number of halogens is 1. The van der Waals surface area contributed by atoms with E-state index in [0.717, 1.165) is 42.2 Å². The second kappa shape index (κ2) is 5.47. The zero-order valence-electron chi connectivity index (χ0n) is 10.1. The lowest BCUT2D eigenvalue weighted by atomic mass is 10.1. The Hall–Kier alpha value is -0.780. The van der Waals surface area contributed by atoms with Gasteiger partial charge in [-0.25, -0.2) is 0 Å². The fraction of sp³-hybridized carbons (Fsp3) is 0.538. The Balaban J connectivity index is 1.70. The van der Waals surface area contributed by atoms with Gasteiger partial charge in [0.15, 0.2) is 11.5 Å². The van der Waals surface area contributed by atoms with E-state index >= 15 is 0 Å². The van der Waals surface area contributed by atoms with Crippen molar-refractivity contribution in [3.8, 4) is 11.5 Å². The van der Waals surface area contributed by atoms with Crippen molar-refractivity contribution in [1.29, 1.82) is 0 Å². The van der Waals surface area contributed by atoms with E-state index in [9.17, 15) is 0 Å². The lowest BCUT2D eigenvalue weighted by Crippen LogP contribution is -2.28. The van der Waals surface area contributed by atoms with Crippen LogP contribution in [0.4, 0.5) is 0 Å². The molecule has 0 spiro atoms. The maximum atomic E-state index is 5.61. The van der Waals surface area contributed by atoms with E-state index in [1.54, 1.807) is 0 Å². The largest absolute Gasteiger partial charge is 0.486 e. The van der Waals surface area contributed by atoms with Crippen LogP contribution in [0.15, 0.2) is 16.6 Å². The van der Waals surface area contributed by atoms with E-state index in [4.69, 9.17) is 14.2 Å². The molecule has 0 amide bonds. The van der Waals surface area contributed by atoms with E-state index < -0.39 is 0 Å². The fourth-order valence-electron chi connectivity index (χ4n) is 2.22. The molecule has 0 bridgehead atoms. The van der Waals surface area contributed by atoms with Gasteiger partial charge >= 0.3 is 0 Å². The minimum atomic E-state index is 0.469. The Morgan fingerprint density at radius 1 is 1.22 bits per heavy atom. The Morgan fingerprint density at radius 2 is 2.11 bits per heavy atom. The fourth-order valence-corrected chi connectivity index (χ4v) is 2.83. The smallest absolute Gasteiger partial charge is 0.175 e. The lowest BCUT2D eigenvalue weighted by molar-refractivity contribution is 0.170. The standard InChI is InChI=1S/C13H16BrNO3/c14-11-5-9(7-15-10-1-2-16-8-10)6-12-13(11)18-4-3-17-12/h5-6,10,15H,1-4,7-8H2. The predicted octanol–water partition coefficient (Wildman–Crippen LogP) is 2.10. The molecule has 1 aromatic rings. The van der Waals surface area contributed by atoms with Crippen LogP contribution >= 0.6 is 15.9 Å². The van der Waals surface area contributed by atoms with Gasteiger partial charge in [-0.05, 0) is 40.0 Å². The van der Waals surface area contributed by atoms with Gasteiger partial charge in [-0.1, -0.05) is 0 Å². The van der Waals surface area contributed by atoms with Gasteiger partial charge < -0.3 is 19.5 Å². The molecule has 0 aromatic heterocycles. The van der Waals surface area contributed by atoms with Crippen LogP contribution in [0.25, 0.3) is 0 Å². The van der Waals surface area contributed by atoms with Crippen molar-refractivity contribution in [2.24, 2.45) is 0 Å². The van der Waals surface area contributed by atoms with Crippen LogP contribution < -0.4 is 14.8 Å². The number of ether oxygens (including phenoxy) is 3. The highest BCUT2D eigenvalue weighted by Gasteiger charge is 2.18. The first-order chi connectivity index (χ1) is 8.83.